The highest BCUT2D eigenvalue weighted by Gasteiger charge is 2.24. The summed E-state index contributed by atoms with van der Waals surface area (Å²) in [6, 6.07) is 23.8. The van der Waals surface area contributed by atoms with E-state index in [2.05, 4.69) is 27.4 Å². The lowest BCUT2D eigenvalue weighted by Gasteiger charge is -2.22. The van der Waals surface area contributed by atoms with Crippen molar-refractivity contribution in [1.29, 1.82) is 0 Å². The van der Waals surface area contributed by atoms with E-state index >= 15 is 0 Å². The molecule has 0 spiro atoms. The fourth-order valence-corrected chi connectivity index (χ4v) is 4.81. The molecule has 1 aliphatic heterocycles. The van der Waals surface area contributed by atoms with Gasteiger partial charge in [-0.15, -0.1) is 11.3 Å². The molecule has 1 aliphatic rings. The number of rotatable bonds is 2. The van der Waals surface area contributed by atoms with E-state index in [1.165, 1.54) is 4.88 Å². The summed E-state index contributed by atoms with van der Waals surface area (Å²) in [6.45, 7) is 0.509. The number of carbonyl (C=O) groups excluding carboxylic acids is 1. The third kappa shape index (κ3) is 3.04. The summed E-state index contributed by atoms with van der Waals surface area (Å²) in [7, 11) is 0. The molecule has 1 amide bonds. The van der Waals surface area contributed by atoms with E-state index in [0.717, 1.165) is 26.4 Å². The summed E-state index contributed by atoms with van der Waals surface area (Å²) in [6.07, 6.45) is 1.97. The first kappa shape index (κ1) is 17.3. The number of aromatic nitrogens is 1. The Bertz CT molecular complexity index is 1160. The van der Waals surface area contributed by atoms with Crippen LogP contribution in [0.2, 0.25) is 0 Å². The molecule has 2 aromatic heterocycles. The largest absolute Gasteiger partial charge is 0.300 e. The number of anilines is 2. The second kappa shape index (κ2) is 6.96. The summed E-state index contributed by atoms with van der Waals surface area (Å²) in [5.74, 6) is -0.0113. The number of thiophene rings is 1. The Morgan fingerprint density at radius 2 is 1.79 bits per heavy atom. The van der Waals surface area contributed by atoms with Crippen LogP contribution in [-0.2, 0) is 6.54 Å². The van der Waals surface area contributed by atoms with Crippen molar-refractivity contribution in [1.82, 2.24) is 4.68 Å². The van der Waals surface area contributed by atoms with Gasteiger partial charge in [-0.25, -0.2) is 0 Å². The number of nitrogens with zero attached hydrogens (tertiary/aromatic N) is 2. The molecule has 6 heteroatoms. The molecule has 138 valence electrons. The van der Waals surface area contributed by atoms with E-state index in [4.69, 9.17) is 0 Å². The molecule has 3 heterocycles. The molecule has 0 saturated heterocycles. The molecule has 0 unspecified atom stereocenters. The van der Waals surface area contributed by atoms with Crippen LogP contribution in [0.5, 0.6) is 0 Å². The van der Waals surface area contributed by atoms with Crippen LogP contribution >= 0.6 is 27.3 Å². The lowest BCUT2D eigenvalue weighted by atomic mass is 10.1. The Labute approximate surface area is 175 Å². The number of carbonyl (C=O) groups is 1. The maximum absolute atomic E-state index is 13.4. The Morgan fingerprint density at radius 1 is 0.964 bits per heavy atom. The van der Waals surface area contributed by atoms with Crippen molar-refractivity contribution in [2.45, 2.75) is 6.54 Å². The van der Waals surface area contributed by atoms with Crippen molar-refractivity contribution in [3.63, 3.8) is 0 Å². The molecule has 4 aromatic rings. The zero-order chi connectivity index (χ0) is 19.1. The maximum atomic E-state index is 13.4. The van der Waals surface area contributed by atoms with Crippen molar-refractivity contribution in [2.75, 3.05) is 10.3 Å². The maximum Gasteiger partial charge on any atom is 0.258 e. The van der Waals surface area contributed by atoms with E-state index in [1.54, 1.807) is 11.3 Å². The summed E-state index contributed by atoms with van der Waals surface area (Å²) in [5.41, 5.74) is 7.97. The topological polar surface area (TPSA) is 37.3 Å². The molecule has 2 aromatic carbocycles. The molecule has 4 nitrogen and oxygen atoms in total. The average molecular weight is 450 g/mol. The van der Waals surface area contributed by atoms with Crippen LogP contribution in [0, 0.1) is 0 Å². The fourth-order valence-electron chi connectivity index (χ4n) is 3.42. The minimum atomic E-state index is -0.0113. The Balaban J connectivity index is 1.50. The first-order valence-electron chi connectivity index (χ1n) is 8.89. The molecule has 28 heavy (non-hydrogen) atoms. The number of halogens is 1. The number of para-hydroxylation sites is 2. The quantitative estimate of drug-likeness (QED) is 0.406. The summed E-state index contributed by atoms with van der Waals surface area (Å²) in [5, 5.41) is 0. The highest BCUT2D eigenvalue weighted by atomic mass is 79.9. The number of nitrogens with one attached hydrogen (secondary N) is 1. The van der Waals surface area contributed by atoms with Crippen molar-refractivity contribution in [2.24, 2.45) is 0 Å². The monoisotopic (exact) mass is 449 g/mol. The van der Waals surface area contributed by atoms with Gasteiger partial charge in [-0.2, -0.15) is 0 Å². The molecule has 0 bridgehead atoms. The van der Waals surface area contributed by atoms with E-state index in [0.29, 0.717) is 12.1 Å². The van der Waals surface area contributed by atoms with Crippen LogP contribution in [0.3, 0.4) is 0 Å². The zero-order valence-corrected chi connectivity index (χ0v) is 17.2. The molecule has 0 fully saturated rings. The third-order valence-electron chi connectivity index (χ3n) is 4.82. The van der Waals surface area contributed by atoms with Crippen LogP contribution in [0.4, 0.5) is 11.4 Å². The van der Waals surface area contributed by atoms with E-state index < -0.39 is 0 Å². The SMILES string of the molecule is O=C(c1ccc(-c2ccc(Br)s2)cc1)N1Cc2cccn2Nc2ccccc21. The third-order valence-corrected chi connectivity index (χ3v) is 6.50. The number of amides is 1. The highest BCUT2D eigenvalue weighted by Crippen LogP contribution is 2.33. The van der Waals surface area contributed by atoms with Crippen molar-refractivity contribution >= 4 is 44.5 Å². The lowest BCUT2D eigenvalue weighted by molar-refractivity contribution is 0.0985. The van der Waals surface area contributed by atoms with Crippen LogP contribution in [-0.4, -0.2) is 10.6 Å². The number of benzene rings is 2. The second-order valence-corrected chi connectivity index (χ2v) is 9.03. The van der Waals surface area contributed by atoms with Gasteiger partial charge in [0, 0.05) is 16.6 Å². The van der Waals surface area contributed by atoms with Gasteiger partial charge in [-0.3, -0.25) is 14.9 Å². The van der Waals surface area contributed by atoms with Crippen molar-refractivity contribution in [3.8, 4) is 10.4 Å². The molecule has 0 saturated carbocycles. The van der Waals surface area contributed by atoms with Crippen LogP contribution in [0.1, 0.15) is 16.1 Å². The molecule has 5 rings (SSSR count). The number of hydrogen-bond acceptors (Lipinski definition) is 3. The van der Waals surface area contributed by atoms with Gasteiger partial charge in [-0.1, -0.05) is 24.3 Å². The van der Waals surface area contributed by atoms with Gasteiger partial charge in [0.05, 0.1) is 27.4 Å². The minimum Gasteiger partial charge on any atom is -0.300 e. The number of fused-ring (bicyclic) bond motifs is 2. The van der Waals surface area contributed by atoms with Crippen LogP contribution in [0.25, 0.3) is 10.4 Å². The molecule has 0 atom stereocenters. The first-order chi connectivity index (χ1) is 13.7. The molecular weight excluding hydrogens is 434 g/mol. The van der Waals surface area contributed by atoms with Gasteiger partial charge in [-0.05, 0) is 70.0 Å². The molecular formula is C22H16BrN3OS. The van der Waals surface area contributed by atoms with Crippen LogP contribution in [0.15, 0.2) is 82.8 Å². The zero-order valence-electron chi connectivity index (χ0n) is 14.8. The van der Waals surface area contributed by atoms with Gasteiger partial charge >= 0.3 is 0 Å². The number of hydrogen-bond donors (Lipinski definition) is 1. The van der Waals surface area contributed by atoms with Gasteiger partial charge in [0.25, 0.3) is 5.91 Å². The summed E-state index contributed by atoms with van der Waals surface area (Å²) < 4.78 is 3.06. The normalized spacial score (nSPS) is 12.7. The van der Waals surface area contributed by atoms with Crippen molar-refractivity contribution in [3.05, 3.63) is 94.0 Å². The Kier molecular flexibility index (Phi) is 4.30. The standard InChI is InChI=1S/C22H16BrN3OS/c23-21-12-11-20(28-21)15-7-9-16(10-8-15)22(27)25-14-17-4-3-13-26(17)24-18-5-1-2-6-19(18)25/h1-13,24H,14H2. The second-order valence-electron chi connectivity index (χ2n) is 6.57. The summed E-state index contributed by atoms with van der Waals surface area (Å²) >= 11 is 5.18. The van der Waals surface area contributed by atoms with Gasteiger partial charge in [0.2, 0.25) is 0 Å². The highest BCUT2D eigenvalue weighted by molar-refractivity contribution is 9.11. The van der Waals surface area contributed by atoms with Gasteiger partial charge in [0.1, 0.15) is 0 Å². The van der Waals surface area contributed by atoms with E-state index in [9.17, 15) is 4.79 Å². The minimum absolute atomic E-state index is 0.0113. The van der Waals surface area contributed by atoms with E-state index in [1.807, 2.05) is 82.5 Å². The van der Waals surface area contributed by atoms with Gasteiger partial charge in [0.15, 0.2) is 0 Å². The van der Waals surface area contributed by atoms with Gasteiger partial charge < -0.3 is 4.90 Å². The smallest absolute Gasteiger partial charge is 0.258 e. The van der Waals surface area contributed by atoms with Crippen LogP contribution < -0.4 is 10.3 Å². The Hall–Kier alpha value is -2.83. The fraction of sp³-hybridized carbons (Fsp3) is 0.0455. The predicted octanol–water partition coefficient (Wildman–Crippen LogP) is 6.01. The summed E-state index contributed by atoms with van der Waals surface area (Å²) in [4.78, 5) is 16.4. The Morgan fingerprint density at radius 3 is 2.57 bits per heavy atom. The van der Waals surface area contributed by atoms with E-state index in [-0.39, 0.29) is 5.91 Å². The first-order valence-corrected chi connectivity index (χ1v) is 10.5. The average Bonchev–Trinajstić information content (AvgIpc) is 3.32. The molecule has 1 N–H and O–H groups in total. The molecule has 0 aliphatic carbocycles. The molecule has 0 radical (unpaired) electrons. The lowest BCUT2D eigenvalue weighted by Crippen LogP contribution is -2.30. The predicted molar refractivity (Wildman–Crippen MR) is 118 cm³/mol. The van der Waals surface area contributed by atoms with Crippen molar-refractivity contribution < 1.29 is 4.79 Å².